The Balaban J connectivity index is 1.77. The third-order valence-electron chi connectivity index (χ3n) is 3.35. The average Bonchev–Trinajstić information content (AvgIpc) is 2.57. The van der Waals surface area contributed by atoms with Crippen LogP contribution >= 0.6 is 23.2 Å². The molecule has 2 amide bonds. The molecule has 0 heterocycles. The summed E-state index contributed by atoms with van der Waals surface area (Å²) in [6.07, 6.45) is 1.52. The molecule has 7 heteroatoms. The second-order valence-corrected chi connectivity index (χ2v) is 6.17. The second kappa shape index (κ2) is 9.20. The fourth-order valence-corrected chi connectivity index (χ4v) is 2.45. The maximum absolute atomic E-state index is 11.9. The molecule has 0 spiro atoms. The minimum atomic E-state index is -0.360. The molecule has 0 aliphatic heterocycles. The van der Waals surface area contributed by atoms with E-state index in [1.54, 1.807) is 18.2 Å². The molecule has 0 aliphatic carbocycles. The number of halogens is 2. The van der Waals surface area contributed by atoms with Crippen LogP contribution in [0.5, 0.6) is 0 Å². The number of para-hydroxylation sites is 1. The van der Waals surface area contributed by atoms with Gasteiger partial charge in [-0.2, -0.15) is 5.10 Å². The van der Waals surface area contributed by atoms with Gasteiger partial charge in [-0.25, -0.2) is 5.43 Å². The van der Waals surface area contributed by atoms with E-state index in [1.807, 2.05) is 31.2 Å². The van der Waals surface area contributed by atoms with Gasteiger partial charge in [-0.1, -0.05) is 47.5 Å². The Labute approximate surface area is 156 Å². The first kappa shape index (κ1) is 19.0. The third-order valence-corrected chi connectivity index (χ3v) is 3.92. The van der Waals surface area contributed by atoms with Crippen molar-refractivity contribution in [3.63, 3.8) is 0 Å². The quantitative estimate of drug-likeness (QED) is 0.585. The summed E-state index contributed by atoms with van der Waals surface area (Å²) in [5, 5.41) is 7.55. The molecule has 2 rings (SSSR count). The Morgan fingerprint density at radius 3 is 2.52 bits per heavy atom. The predicted octanol–water partition coefficient (Wildman–Crippen LogP) is 4.17. The summed E-state index contributed by atoms with van der Waals surface area (Å²) in [4.78, 5) is 23.6. The van der Waals surface area contributed by atoms with Crippen LogP contribution in [0.3, 0.4) is 0 Å². The van der Waals surface area contributed by atoms with Crippen LogP contribution in [0.15, 0.2) is 47.6 Å². The van der Waals surface area contributed by atoms with Gasteiger partial charge < -0.3 is 5.32 Å². The number of nitrogens with zero attached hydrogens (tertiary/aromatic N) is 1. The molecule has 0 fully saturated rings. The lowest BCUT2D eigenvalue weighted by atomic mass is 10.2. The maximum atomic E-state index is 11.9. The molecule has 0 unspecified atom stereocenters. The minimum Gasteiger partial charge on any atom is -0.326 e. The fraction of sp³-hybridized carbons (Fsp3) is 0.167. The second-order valence-electron chi connectivity index (χ2n) is 5.32. The van der Waals surface area contributed by atoms with Crippen molar-refractivity contribution in [2.45, 2.75) is 19.8 Å². The Hall–Kier alpha value is -2.37. The zero-order chi connectivity index (χ0) is 18.2. The number of hydrogen-bond donors (Lipinski definition) is 2. The summed E-state index contributed by atoms with van der Waals surface area (Å²) in [7, 11) is 0. The van der Waals surface area contributed by atoms with Crippen molar-refractivity contribution >= 4 is 46.9 Å². The Kier molecular flexibility index (Phi) is 6.98. The summed E-state index contributed by atoms with van der Waals surface area (Å²) in [6, 6.07) is 12.4. The topological polar surface area (TPSA) is 70.6 Å². The van der Waals surface area contributed by atoms with Crippen LogP contribution in [-0.4, -0.2) is 18.0 Å². The molecular weight excluding hydrogens is 361 g/mol. The van der Waals surface area contributed by atoms with E-state index in [9.17, 15) is 9.59 Å². The molecule has 2 N–H and O–H groups in total. The molecule has 25 heavy (non-hydrogen) atoms. The number of amides is 2. The Morgan fingerprint density at radius 2 is 1.80 bits per heavy atom. The summed E-state index contributed by atoms with van der Waals surface area (Å²) >= 11 is 11.8. The molecule has 0 atom stereocenters. The van der Waals surface area contributed by atoms with Gasteiger partial charge in [0, 0.05) is 29.1 Å². The van der Waals surface area contributed by atoms with Crippen LogP contribution < -0.4 is 10.7 Å². The highest BCUT2D eigenvalue weighted by molar-refractivity contribution is 6.36. The van der Waals surface area contributed by atoms with Gasteiger partial charge in [0.05, 0.1) is 11.2 Å². The van der Waals surface area contributed by atoms with Crippen LogP contribution in [0.25, 0.3) is 0 Å². The zero-order valence-corrected chi connectivity index (χ0v) is 15.1. The van der Waals surface area contributed by atoms with Crippen molar-refractivity contribution < 1.29 is 9.59 Å². The molecule has 2 aromatic rings. The molecule has 0 aromatic heterocycles. The number of benzene rings is 2. The first-order valence-corrected chi connectivity index (χ1v) is 8.34. The fourth-order valence-electron chi connectivity index (χ4n) is 1.99. The highest BCUT2D eigenvalue weighted by atomic mass is 35.5. The average molecular weight is 378 g/mol. The summed E-state index contributed by atoms with van der Waals surface area (Å²) < 4.78 is 0. The van der Waals surface area contributed by atoms with Crippen LogP contribution in [0.1, 0.15) is 24.0 Å². The lowest BCUT2D eigenvalue weighted by Gasteiger charge is -2.07. The first-order valence-electron chi connectivity index (χ1n) is 7.58. The molecule has 5 nitrogen and oxygen atoms in total. The number of hydrogen-bond acceptors (Lipinski definition) is 3. The van der Waals surface area contributed by atoms with E-state index in [1.165, 1.54) is 6.21 Å². The predicted molar refractivity (Wildman–Crippen MR) is 101 cm³/mol. The van der Waals surface area contributed by atoms with Crippen LogP contribution in [0.4, 0.5) is 5.69 Å². The maximum Gasteiger partial charge on any atom is 0.240 e. The number of anilines is 1. The number of aryl methyl sites for hydroxylation is 1. The number of nitrogens with one attached hydrogen (secondary N) is 2. The van der Waals surface area contributed by atoms with E-state index in [-0.39, 0.29) is 24.7 Å². The molecular formula is C18H17Cl2N3O2. The molecule has 0 radical (unpaired) electrons. The Morgan fingerprint density at radius 1 is 1.08 bits per heavy atom. The van der Waals surface area contributed by atoms with Crippen molar-refractivity contribution in [1.82, 2.24) is 5.43 Å². The zero-order valence-electron chi connectivity index (χ0n) is 13.6. The third kappa shape index (κ3) is 6.21. The normalized spacial score (nSPS) is 10.7. The van der Waals surface area contributed by atoms with E-state index >= 15 is 0 Å². The standard InChI is InChI=1S/C18H17Cl2N3O2/c1-12-4-2-3-5-16(12)22-17(24)8-9-18(25)23-21-11-13-6-7-14(19)10-15(13)20/h2-7,10-11H,8-9H2,1H3,(H,22,24)(H,23,25)/b21-11-. The number of carbonyl (C=O) groups is 2. The first-order chi connectivity index (χ1) is 12.0. The van der Waals surface area contributed by atoms with E-state index in [2.05, 4.69) is 15.8 Å². The highest BCUT2D eigenvalue weighted by Gasteiger charge is 2.08. The van der Waals surface area contributed by atoms with Gasteiger partial charge in [0.15, 0.2) is 0 Å². The summed E-state index contributed by atoms with van der Waals surface area (Å²) in [6.45, 7) is 1.90. The molecule has 2 aromatic carbocycles. The Bertz CT molecular complexity index is 807. The van der Waals surface area contributed by atoms with Crippen LogP contribution in [0, 0.1) is 6.92 Å². The molecule has 0 aliphatic rings. The van der Waals surface area contributed by atoms with Crippen molar-refractivity contribution in [2.24, 2.45) is 5.10 Å². The van der Waals surface area contributed by atoms with Gasteiger partial charge in [-0.15, -0.1) is 0 Å². The van der Waals surface area contributed by atoms with Gasteiger partial charge in [-0.05, 0) is 30.7 Å². The number of carbonyl (C=O) groups excluding carboxylic acids is 2. The summed E-state index contributed by atoms with van der Waals surface area (Å²) in [5.74, 6) is -0.588. The van der Waals surface area contributed by atoms with Crippen LogP contribution in [-0.2, 0) is 9.59 Å². The van der Waals surface area contributed by atoms with E-state index in [0.29, 0.717) is 15.6 Å². The van der Waals surface area contributed by atoms with Crippen LogP contribution in [0.2, 0.25) is 10.0 Å². The van der Waals surface area contributed by atoms with Crippen molar-refractivity contribution in [2.75, 3.05) is 5.32 Å². The van der Waals surface area contributed by atoms with Gasteiger partial charge in [0.1, 0.15) is 0 Å². The van der Waals surface area contributed by atoms with Crippen molar-refractivity contribution in [3.8, 4) is 0 Å². The number of rotatable bonds is 6. The molecule has 0 saturated heterocycles. The monoisotopic (exact) mass is 377 g/mol. The molecule has 130 valence electrons. The smallest absolute Gasteiger partial charge is 0.240 e. The SMILES string of the molecule is Cc1ccccc1NC(=O)CCC(=O)N/N=C\c1ccc(Cl)cc1Cl. The van der Waals surface area contributed by atoms with Crippen molar-refractivity contribution in [3.05, 3.63) is 63.6 Å². The highest BCUT2D eigenvalue weighted by Crippen LogP contribution is 2.19. The summed E-state index contributed by atoms with van der Waals surface area (Å²) in [5.41, 5.74) is 4.69. The largest absolute Gasteiger partial charge is 0.326 e. The van der Waals surface area contributed by atoms with E-state index in [4.69, 9.17) is 23.2 Å². The lowest BCUT2D eigenvalue weighted by Crippen LogP contribution is -2.20. The number of hydrazone groups is 1. The van der Waals surface area contributed by atoms with E-state index in [0.717, 1.165) is 11.3 Å². The van der Waals surface area contributed by atoms with E-state index < -0.39 is 0 Å². The van der Waals surface area contributed by atoms with Gasteiger partial charge >= 0.3 is 0 Å². The van der Waals surface area contributed by atoms with Gasteiger partial charge in [-0.3, -0.25) is 9.59 Å². The van der Waals surface area contributed by atoms with Gasteiger partial charge in [0.25, 0.3) is 0 Å². The lowest BCUT2D eigenvalue weighted by molar-refractivity contribution is -0.124. The van der Waals surface area contributed by atoms with Crippen molar-refractivity contribution in [1.29, 1.82) is 0 Å². The molecule has 0 bridgehead atoms. The minimum absolute atomic E-state index is 0.0312. The molecule has 0 saturated carbocycles. The van der Waals surface area contributed by atoms with Gasteiger partial charge in [0.2, 0.25) is 11.8 Å².